The number of hydrogen-bond acceptors (Lipinski definition) is 8. The predicted octanol–water partition coefficient (Wildman–Crippen LogP) is 4.92. The van der Waals surface area contributed by atoms with Crippen LogP contribution >= 0.6 is 0 Å². The van der Waals surface area contributed by atoms with E-state index in [1.165, 1.54) is 14.2 Å². The summed E-state index contributed by atoms with van der Waals surface area (Å²) < 4.78 is 15.9. The lowest BCUT2D eigenvalue weighted by atomic mass is 9.71. The number of carbonyl (C=O) groups excluding carboxylic acids is 4. The van der Waals surface area contributed by atoms with Crippen LogP contribution in [0.25, 0.3) is 0 Å². The van der Waals surface area contributed by atoms with E-state index in [1.807, 2.05) is 55.5 Å². The number of allylic oxidation sites excluding steroid dienone is 1. The quantitative estimate of drug-likeness (QED) is 0.372. The lowest BCUT2D eigenvalue weighted by molar-refractivity contribution is -0.141. The van der Waals surface area contributed by atoms with Crippen LogP contribution in [0.5, 0.6) is 5.75 Å². The van der Waals surface area contributed by atoms with E-state index in [0.717, 1.165) is 11.1 Å². The fourth-order valence-electron chi connectivity index (χ4n) is 6.67. The van der Waals surface area contributed by atoms with Crippen LogP contribution in [0.15, 0.2) is 95.2 Å². The van der Waals surface area contributed by atoms with Gasteiger partial charge in [0.05, 0.1) is 50.3 Å². The summed E-state index contributed by atoms with van der Waals surface area (Å²) in [7, 11) is 3.94. The van der Waals surface area contributed by atoms with Gasteiger partial charge >= 0.3 is 11.9 Å². The largest absolute Gasteiger partial charge is 0.497 e. The number of Topliss-reactive ketones (excluding diaryl/α,β-unsaturated/α-hetero) is 1. The Bertz CT molecular complexity index is 1760. The molecule has 2 aliphatic heterocycles. The van der Waals surface area contributed by atoms with E-state index in [0.29, 0.717) is 41.2 Å². The Balaban J connectivity index is 1.77. The van der Waals surface area contributed by atoms with Crippen molar-refractivity contribution in [2.45, 2.75) is 38.3 Å². The molecule has 0 saturated heterocycles. The Hall–Kier alpha value is -5.18. The molecule has 44 heavy (non-hydrogen) atoms. The third-order valence-corrected chi connectivity index (χ3v) is 8.53. The molecule has 0 bridgehead atoms. The van der Waals surface area contributed by atoms with Crippen LogP contribution in [-0.4, -0.2) is 45.0 Å². The molecule has 0 aromatic heterocycles. The van der Waals surface area contributed by atoms with Crippen LogP contribution < -0.4 is 14.5 Å². The van der Waals surface area contributed by atoms with Crippen LogP contribution in [-0.2, 0) is 40.7 Å². The van der Waals surface area contributed by atoms with Gasteiger partial charge in [-0.15, -0.1) is 0 Å². The van der Waals surface area contributed by atoms with Crippen molar-refractivity contribution in [2.24, 2.45) is 0 Å². The van der Waals surface area contributed by atoms with Gasteiger partial charge in [0.2, 0.25) is 0 Å². The van der Waals surface area contributed by atoms with Crippen molar-refractivity contribution >= 4 is 35.0 Å². The molecule has 3 aromatic carbocycles. The number of amides is 1. The first-order chi connectivity index (χ1) is 21.3. The lowest BCUT2D eigenvalue weighted by Crippen LogP contribution is -2.59. The first kappa shape index (κ1) is 28.9. The number of carbonyl (C=O) groups is 4. The van der Waals surface area contributed by atoms with E-state index in [1.54, 1.807) is 41.2 Å². The highest BCUT2D eigenvalue weighted by Gasteiger charge is 2.64. The number of anilines is 2. The highest BCUT2D eigenvalue weighted by Crippen LogP contribution is 2.57. The van der Waals surface area contributed by atoms with Crippen LogP contribution in [0, 0.1) is 6.92 Å². The second kappa shape index (κ2) is 11.1. The second-order valence-corrected chi connectivity index (χ2v) is 11.0. The van der Waals surface area contributed by atoms with Crippen LogP contribution in [0.1, 0.15) is 36.0 Å². The van der Waals surface area contributed by atoms with E-state index >= 15 is 4.79 Å². The molecule has 1 unspecified atom stereocenters. The number of benzene rings is 3. The summed E-state index contributed by atoms with van der Waals surface area (Å²) in [6.07, 6.45) is 1.07. The third kappa shape index (κ3) is 4.22. The monoisotopic (exact) mass is 592 g/mol. The summed E-state index contributed by atoms with van der Waals surface area (Å²) in [5.74, 6) is -1.96. The Labute approximate surface area is 255 Å². The van der Waals surface area contributed by atoms with Crippen molar-refractivity contribution in [3.05, 3.63) is 112 Å². The molecular formula is C35H32N2O7. The van der Waals surface area contributed by atoms with Crippen molar-refractivity contribution in [2.75, 3.05) is 31.1 Å². The normalized spacial score (nSPS) is 19.3. The molecule has 224 valence electrons. The summed E-state index contributed by atoms with van der Waals surface area (Å²) in [5, 5.41) is 0. The van der Waals surface area contributed by atoms with Crippen LogP contribution in [0.2, 0.25) is 0 Å². The number of nitrogens with zero attached hydrogens (tertiary/aromatic N) is 2. The van der Waals surface area contributed by atoms with Crippen molar-refractivity contribution in [3.63, 3.8) is 0 Å². The van der Waals surface area contributed by atoms with Gasteiger partial charge in [-0.2, -0.15) is 0 Å². The van der Waals surface area contributed by atoms with Gasteiger partial charge in [-0.3, -0.25) is 9.59 Å². The van der Waals surface area contributed by atoms with E-state index in [9.17, 15) is 14.4 Å². The predicted molar refractivity (Wildman–Crippen MR) is 163 cm³/mol. The summed E-state index contributed by atoms with van der Waals surface area (Å²) in [5.41, 5.74) is 1.53. The summed E-state index contributed by atoms with van der Waals surface area (Å²) in [4.78, 5) is 60.2. The minimum absolute atomic E-state index is 0.0773. The van der Waals surface area contributed by atoms with Gasteiger partial charge in [0.15, 0.2) is 11.3 Å². The molecule has 0 N–H and O–H groups in total. The van der Waals surface area contributed by atoms with Gasteiger partial charge in [0.25, 0.3) is 5.91 Å². The minimum atomic E-state index is -1.89. The maximum atomic E-state index is 15.4. The van der Waals surface area contributed by atoms with Gasteiger partial charge in [-0.05, 0) is 55.7 Å². The maximum Gasteiger partial charge on any atom is 0.339 e. The summed E-state index contributed by atoms with van der Waals surface area (Å²) >= 11 is 0. The molecule has 1 atom stereocenters. The highest BCUT2D eigenvalue weighted by molar-refractivity contribution is 6.24. The number of hydrogen-bond donors (Lipinski definition) is 0. The fourth-order valence-corrected chi connectivity index (χ4v) is 6.67. The van der Waals surface area contributed by atoms with Crippen molar-refractivity contribution in [1.29, 1.82) is 0 Å². The zero-order valence-corrected chi connectivity index (χ0v) is 25.0. The van der Waals surface area contributed by atoms with Crippen molar-refractivity contribution in [3.8, 4) is 5.75 Å². The maximum absolute atomic E-state index is 15.4. The topological polar surface area (TPSA) is 102 Å². The Morgan fingerprint density at radius 1 is 0.864 bits per heavy atom. The molecule has 9 nitrogen and oxygen atoms in total. The standard InChI is InChI=1S/C35H32N2O7/c1-21-13-18-26-25(19-21)35(34(41)36(26)20-22-9-6-5-7-10-22)31(33(40)44-4)30(32(39)43-3)29-27(11-8-12-28(29)38)37(35)23-14-16-24(42-2)17-15-23/h5-7,9-10,13-19H,8,11-12,20H2,1-4H3. The molecule has 9 heteroatoms. The van der Waals surface area contributed by atoms with Gasteiger partial charge < -0.3 is 24.0 Å². The molecule has 3 aliphatic rings. The molecule has 1 aliphatic carbocycles. The van der Waals surface area contributed by atoms with Crippen LogP contribution in [0.3, 0.4) is 0 Å². The average molecular weight is 593 g/mol. The smallest absolute Gasteiger partial charge is 0.339 e. The molecule has 1 amide bonds. The first-order valence-corrected chi connectivity index (χ1v) is 14.4. The third-order valence-electron chi connectivity index (χ3n) is 8.53. The Morgan fingerprint density at radius 2 is 1.57 bits per heavy atom. The van der Waals surface area contributed by atoms with E-state index in [2.05, 4.69) is 0 Å². The van der Waals surface area contributed by atoms with E-state index in [-0.39, 0.29) is 35.5 Å². The lowest BCUT2D eigenvalue weighted by Gasteiger charge is -2.48. The second-order valence-electron chi connectivity index (χ2n) is 11.0. The molecule has 1 spiro atoms. The molecule has 2 heterocycles. The number of aryl methyl sites for hydroxylation is 1. The van der Waals surface area contributed by atoms with Gasteiger partial charge in [-0.25, -0.2) is 9.59 Å². The zero-order valence-electron chi connectivity index (χ0n) is 25.0. The SMILES string of the molecule is COC(=O)C1=C(C(=O)OC)C2(C(=O)N(Cc3ccccc3)c3ccc(C)cc32)N(c2ccc(OC)cc2)C2=C1C(=O)CCC2. The highest BCUT2D eigenvalue weighted by atomic mass is 16.5. The number of methoxy groups -OCH3 is 3. The Kier molecular flexibility index (Phi) is 7.33. The van der Waals surface area contributed by atoms with Crippen LogP contribution in [0.4, 0.5) is 11.4 Å². The minimum Gasteiger partial charge on any atom is -0.497 e. The molecule has 0 fully saturated rings. The van der Waals surface area contributed by atoms with E-state index < -0.39 is 23.4 Å². The molecular weight excluding hydrogens is 560 g/mol. The van der Waals surface area contributed by atoms with Gasteiger partial charge in [0, 0.05) is 23.4 Å². The first-order valence-electron chi connectivity index (χ1n) is 14.4. The molecule has 3 aromatic rings. The molecule has 0 saturated carbocycles. The average Bonchev–Trinajstić information content (AvgIpc) is 3.27. The van der Waals surface area contributed by atoms with Crippen molar-refractivity contribution < 1.29 is 33.4 Å². The fraction of sp³-hybridized carbons (Fsp3) is 0.257. The summed E-state index contributed by atoms with van der Waals surface area (Å²) in [6.45, 7) is 2.11. The zero-order chi connectivity index (χ0) is 31.2. The van der Waals surface area contributed by atoms with E-state index in [4.69, 9.17) is 14.2 Å². The number of ketones is 1. The molecule has 0 radical (unpaired) electrons. The number of fused-ring (bicyclic) bond motifs is 2. The summed E-state index contributed by atoms with van der Waals surface area (Å²) in [6, 6.07) is 22.2. The van der Waals surface area contributed by atoms with Gasteiger partial charge in [0.1, 0.15) is 5.75 Å². The number of rotatable bonds is 6. The van der Waals surface area contributed by atoms with Crippen molar-refractivity contribution in [1.82, 2.24) is 0 Å². The number of esters is 2. The number of ether oxygens (including phenoxy) is 3. The van der Waals surface area contributed by atoms with Gasteiger partial charge in [-0.1, -0.05) is 48.0 Å². The molecule has 6 rings (SSSR count). The Morgan fingerprint density at radius 3 is 2.23 bits per heavy atom.